The van der Waals surface area contributed by atoms with Crippen LogP contribution < -0.4 is 10.0 Å². The second kappa shape index (κ2) is 10.3. The van der Waals surface area contributed by atoms with Crippen LogP contribution in [0.5, 0.6) is 0 Å². The highest BCUT2D eigenvalue weighted by atomic mass is 32.2. The van der Waals surface area contributed by atoms with E-state index < -0.39 is 10.0 Å². The molecule has 8 nitrogen and oxygen atoms in total. The van der Waals surface area contributed by atoms with Gasteiger partial charge in [0.2, 0.25) is 15.9 Å². The summed E-state index contributed by atoms with van der Waals surface area (Å²) in [6.45, 7) is 7.37. The van der Waals surface area contributed by atoms with E-state index in [-0.39, 0.29) is 24.7 Å². The van der Waals surface area contributed by atoms with Gasteiger partial charge in [0.15, 0.2) is 5.96 Å². The van der Waals surface area contributed by atoms with E-state index >= 15 is 0 Å². The zero-order valence-electron chi connectivity index (χ0n) is 16.0. The second-order valence-corrected chi connectivity index (χ2v) is 8.28. The largest absolute Gasteiger partial charge is 0.357 e. The molecule has 0 bridgehead atoms. The lowest BCUT2D eigenvalue weighted by molar-refractivity contribution is -0.130. The van der Waals surface area contributed by atoms with Gasteiger partial charge < -0.3 is 15.1 Å². The molecule has 1 aliphatic rings. The summed E-state index contributed by atoms with van der Waals surface area (Å²) in [6.07, 6.45) is 0. The van der Waals surface area contributed by atoms with E-state index in [4.69, 9.17) is 0 Å². The van der Waals surface area contributed by atoms with Gasteiger partial charge in [-0.05, 0) is 12.5 Å². The van der Waals surface area contributed by atoms with Gasteiger partial charge in [0, 0.05) is 46.2 Å². The summed E-state index contributed by atoms with van der Waals surface area (Å²) >= 11 is 0. The molecule has 0 spiro atoms. The molecule has 0 aliphatic carbocycles. The number of rotatable bonds is 7. The number of guanidine groups is 1. The fourth-order valence-electron chi connectivity index (χ4n) is 2.79. The van der Waals surface area contributed by atoms with Crippen LogP contribution in [0.4, 0.5) is 0 Å². The van der Waals surface area contributed by atoms with Gasteiger partial charge >= 0.3 is 0 Å². The molecule has 2 N–H and O–H groups in total. The molecule has 1 fully saturated rings. The van der Waals surface area contributed by atoms with Crippen molar-refractivity contribution < 1.29 is 13.2 Å². The number of hydrogen-bond acceptors (Lipinski definition) is 4. The fourth-order valence-corrected chi connectivity index (χ4v) is 3.65. The van der Waals surface area contributed by atoms with Crippen LogP contribution in [0.3, 0.4) is 0 Å². The van der Waals surface area contributed by atoms with Gasteiger partial charge in [0.25, 0.3) is 0 Å². The third kappa shape index (κ3) is 7.18. The summed E-state index contributed by atoms with van der Waals surface area (Å²) in [5.41, 5.74) is 0.918. The highest BCUT2D eigenvalue weighted by Gasteiger charge is 2.21. The SMILES string of the molecule is CCNC(=NCCS(=O)(=O)NCc1ccccc1)N1CCN(C(C)=O)CC1. The van der Waals surface area contributed by atoms with Crippen molar-refractivity contribution in [3.63, 3.8) is 0 Å². The van der Waals surface area contributed by atoms with E-state index in [1.807, 2.05) is 37.3 Å². The number of carbonyl (C=O) groups is 1. The number of amides is 1. The van der Waals surface area contributed by atoms with Gasteiger partial charge in [-0.2, -0.15) is 0 Å². The molecule has 1 amide bonds. The lowest BCUT2D eigenvalue weighted by Gasteiger charge is -2.36. The Morgan fingerprint density at radius 3 is 2.33 bits per heavy atom. The number of aliphatic imine (C=N–C) groups is 1. The van der Waals surface area contributed by atoms with Crippen molar-refractivity contribution in [2.24, 2.45) is 4.99 Å². The van der Waals surface area contributed by atoms with Gasteiger partial charge in [-0.1, -0.05) is 30.3 Å². The monoisotopic (exact) mass is 395 g/mol. The Labute approximate surface area is 161 Å². The molecule has 1 aliphatic heterocycles. The normalized spacial score (nSPS) is 15.7. The van der Waals surface area contributed by atoms with Gasteiger partial charge in [-0.15, -0.1) is 0 Å². The van der Waals surface area contributed by atoms with Crippen molar-refractivity contribution in [3.8, 4) is 0 Å². The lowest BCUT2D eigenvalue weighted by Crippen LogP contribution is -2.53. The summed E-state index contributed by atoms with van der Waals surface area (Å²) in [4.78, 5) is 19.8. The van der Waals surface area contributed by atoms with E-state index in [2.05, 4.69) is 19.9 Å². The minimum atomic E-state index is -3.40. The topological polar surface area (TPSA) is 94.1 Å². The molecule has 9 heteroatoms. The number of carbonyl (C=O) groups excluding carboxylic acids is 1. The zero-order chi connectivity index (χ0) is 19.7. The maximum atomic E-state index is 12.2. The third-order valence-electron chi connectivity index (χ3n) is 4.32. The zero-order valence-corrected chi connectivity index (χ0v) is 16.8. The Morgan fingerprint density at radius 2 is 1.74 bits per heavy atom. The smallest absolute Gasteiger partial charge is 0.219 e. The molecule has 1 aromatic rings. The first-order chi connectivity index (χ1) is 12.9. The Morgan fingerprint density at radius 1 is 1.11 bits per heavy atom. The maximum Gasteiger partial charge on any atom is 0.219 e. The molecule has 1 saturated heterocycles. The summed E-state index contributed by atoms with van der Waals surface area (Å²) in [5.74, 6) is 0.702. The standard InChI is InChI=1S/C18H29N5O3S/c1-3-19-18(23-12-10-22(11-13-23)16(2)24)20-9-14-27(25,26)21-15-17-7-5-4-6-8-17/h4-8,21H,3,9-15H2,1-2H3,(H,19,20). The summed E-state index contributed by atoms with van der Waals surface area (Å²) < 4.78 is 27.0. The Bertz CT molecular complexity index is 729. The molecule has 27 heavy (non-hydrogen) atoms. The molecule has 0 aromatic heterocycles. The van der Waals surface area contributed by atoms with Crippen LogP contribution in [0.15, 0.2) is 35.3 Å². The number of sulfonamides is 1. The minimum absolute atomic E-state index is 0.0673. The predicted molar refractivity (Wildman–Crippen MR) is 107 cm³/mol. The van der Waals surface area contributed by atoms with Gasteiger partial charge in [0.1, 0.15) is 0 Å². The van der Waals surface area contributed by atoms with Crippen molar-refractivity contribution in [1.82, 2.24) is 19.8 Å². The average molecular weight is 396 g/mol. The quantitative estimate of drug-likeness (QED) is 0.509. The lowest BCUT2D eigenvalue weighted by atomic mass is 10.2. The van der Waals surface area contributed by atoms with E-state index in [0.717, 1.165) is 5.56 Å². The van der Waals surface area contributed by atoms with Crippen molar-refractivity contribution >= 4 is 21.9 Å². The van der Waals surface area contributed by atoms with Gasteiger partial charge in [0.05, 0.1) is 12.3 Å². The molecule has 0 unspecified atom stereocenters. The maximum absolute atomic E-state index is 12.2. The molecule has 0 saturated carbocycles. The van der Waals surface area contributed by atoms with E-state index in [1.165, 1.54) is 0 Å². The first kappa shape index (κ1) is 21.2. The molecular weight excluding hydrogens is 366 g/mol. The molecule has 0 atom stereocenters. The Kier molecular flexibility index (Phi) is 8.05. The molecule has 1 heterocycles. The van der Waals surface area contributed by atoms with Crippen LogP contribution >= 0.6 is 0 Å². The Hall–Kier alpha value is -2.13. The first-order valence-corrected chi connectivity index (χ1v) is 10.9. The molecule has 150 valence electrons. The third-order valence-corrected chi connectivity index (χ3v) is 5.62. The Balaban J connectivity index is 1.86. The highest BCUT2D eigenvalue weighted by molar-refractivity contribution is 7.89. The fraction of sp³-hybridized carbons (Fsp3) is 0.556. The summed E-state index contributed by atoms with van der Waals surface area (Å²) in [5, 5.41) is 3.20. The number of piperazine rings is 1. The van der Waals surface area contributed by atoms with E-state index in [1.54, 1.807) is 11.8 Å². The van der Waals surface area contributed by atoms with Crippen LogP contribution in [-0.4, -0.2) is 75.1 Å². The average Bonchev–Trinajstić information content (AvgIpc) is 2.67. The van der Waals surface area contributed by atoms with Crippen molar-refractivity contribution in [2.45, 2.75) is 20.4 Å². The van der Waals surface area contributed by atoms with Crippen LogP contribution in [-0.2, 0) is 21.4 Å². The summed E-state index contributed by atoms with van der Waals surface area (Å²) in [6, 6.07) is 9.41. The second-order valence-electron chi connectivity index (χ2n) is 6.35. The highest BCUT2D eigenvalue weighted by Crippen LogP contribution is 2.03. The number of benzene rings is 1. The summed E-state index contributed by atoms with van der Waals surface area (Å²) in [7, 11) is -3.40. The molecule has 1 aromatic carbocycles. The van der Waals surface area contributed by atoms with Crippen molar-refractivity contribution in [3.05, 3.63) is 35.9 Å². The van der Waals surface area contributed by atoms with E-state index in [0.29, 0.717) is 38.7 Å². The van der Waals surface area contributed by atoms with Gasteiger partial charge in [-0.3, -0.25) is 9.79 Å². The number of nitrogens with zero attached hydrogens (tertiary/aromatic N) is 3. The van der Waals surface area contributed by atoms with Crippen LogP contribution in [0.1, 0.15) is 19.4 Å². The number of nitrogens with one attached hydrogen (secondary N) is 2. The van der Waals surface area contributed by atoms with Crippen LogP contribution in [0.25, 0.3) is 0 Å². The van der Waals surface area contributed by atoms with Crippen molar-refractivity contribution in [1.29, 1.82) is 0 Å². The minimum Gasteiger partial charge on any atom is -0.357 e. The van der Waals surface area contributed by atoms with Crippen LogP contribution in [0.2, 0.25) is 0 Å². The molecule has 0 radical (unpaired) electrons. The number of hydrogen-bond donors (Lipinski definition) is 2. The molecular formula is C18H29N5O3S. The van der Waals surface area contributed by atoms with Crippen LogP contribution in [0, 0.1) is 0 Å². The van der Waals surface area contributed by atoms with E-state index in [9.17, 15) is 13.2 Å². The predicted octanol–water partition coefficient (Wildman–Crippen LogP) is 0.236. The first-order valence-electron chi connectivity index (χ1n) is 9.21. The molecule has 2 rings (SSSR count). The van der Waals surface area contributed by atoms with Gasteiger partial charge in [-0.25, -0.2) is 13.1 Å². The van der Waals surface area contributed by atoms with Crippen molar-refractivity contribution in [2.75, 3.05) is 45.0 Å².